The fraction of sp³-hybridized carbons (Fsp3) is 0.333. The van der Waals surface area contributed by atoms with Gasteiger partial charge in [-0.25, -0.2) is 13.6 Å². The molecule has 0 aromatic heterocycles. The van der Waals surface area contributed by atoms with Crippen LogP contribution >= 0.6 is 0 Å². The zero-order chi connectivity index (χ0) is 23.4. The van der Waals surface area contributed by atoms with Crippen LogP contribution in [0.4, 0.5) is 19.3 Å². The fourth-order valence-corrected chi connectivity index (χ4v) is 4.05. The lowest BCUT2D eigenvalue weighted by Gasteiger charge is -2.34. The minimum Gasteiger partial charge on any atom is -0.394 e. The molecule has 0 bridgehead atoms. The summed E-state index contributed by atoms with van der Waals surface area (Å²) in [5, 5.41) is 14.5. The number of rotatable bonds is 5. The summed E-state index contributed by atoms with van der Waals surface area (Å²) in [7, 11) is 0. The van der Waals surface area contributed by atoms with Crippen LogP contribution in [0.15, 0.2) is 54.6 Å². The summed E-state index contributed by atoms with van der Waals surface area (Å²) >= 11 is 0. The molecule has 33 heavy (non-hydrogen) atoms. The van der Waals surface area contributed by atoms with E-state index in [1.807, 2.05) is 18.2 Å². The molecule has 3 amide bonds. The van der Waals surface area contributed by atoms with E-state index in [1.165, 1.54) is 5.56 Å². The number of hydrogen-bond acceptors (Lipinski definition) is 4. The third kappa shape index (κ3) is 5.55. The lowest BCUT2D eigenvalue weighted by atomic mass is 9.99. The monoisotopic (exact) mass is 457 g/mol. The molecule has 0 unspecified atom stereocenters. The number of benzene rings is 2. The summed E-state index contributed by atoms with van der Waals surface area (Å²) in [5.41, 5.74) is 2.08. The molecule has 0 saturated heterocycles. The first-order valence-electron chi connectivity index (χ1n) is 10.7. The Morgan fingerprint density at radius 1 is 1.12 bits per heavy atom. The second kappa shape index (κ2) is 10.1. The normalized spacial score (nSPS) is 21.9. The molecule has 174 valence electrons. The molecule has 0 spiro atoms. The maximum Gasteiger partial charge on any atom is 0.319 e. The molecule has 2 aliphatic rings. The van der Waals surface area contributed by atoms with E-state index in [2.05, 4.69) is 16.7 Å². The van der Waals surface area contributed by atoms with Crippen molar-refractivity contribution in [1.29, 1.82) is 0 Å². The highest BCUT2D eigenvalue weighted by molar-refractivity contribution is 5.89. The first kappa shape index (κ1) is 22.9. The van der Waals surface area contributed by atoms with Gasteiger partial charge in [-0.2, -0.15) is 0 Å². The van der Waals surface area contributed by atoms with Gasteiger partial charge in [0.25, 0.3) is 0 Å². The number of urea groups is 1. The molecule has 0 fully saturated rings. The second-order valence-corrected chi connectivity index (χ2v) is 8.07. The first-order valence-corrected chi connectivity index (χ1v) is 10.7. The number of ether oxygens (including phenoxy) is 1. The zero-order valence-corrected chi connectivity index (χ0v) is 17.8. The maximum atomic E-state index is 13.7. The van der Waals surface area contributed by atoms with Crippen LogP contribution in [0.5, 0.6) is 0 Å². The highest BCUT2D eigenvalue weighted by Crippen LogP contribution is 2.22. The molecule has 2 aromatic carbocycles. The number of aliphatic hydroxyl groups excluding tert-OH is 1. The highest BCUT2D eigenvalue weighted by Gasteiger charge is 2.31. The SMILES string of the molecule is O=C(Nc1cc(F)ccc1F)N[C@@H]1C=C[C@@H](CC(=O)N2CCc3ccccc3C2)O[C@H]1CO. The number of anilines is 1. The summed E-state index contributed by atoms with van der Waals surface area (Å²) in [5.74, 6) is -1.52. The predicted molar refractivity (Wildman–Crippen MR) is 117 cm³/mol. The number of hydrogen-bond donors (Lipinski definition) is 3. The van der Waals surface area contributed by atoms with Crippen LogP contribution in [0.2, 0.25) is 0 Å². The van der Waals surface area contributed by atoms with E-state index in [1.54, 1.807) is 17.1 Å². The van der Waals surface area contributed by atoms with Crippen LogP contribution in [-0.2, 0) is 22.5 Å². The topological polar surface area (TPSA) is 90.9 Å². The van der Waals surface area contributed by atoms with Gasteiger partial charge in [-0.05, 0) is 29.7 Å². The molecule has 4 rings (SSSR count). The van der Waals surface area contributed by atoms with Crippen molar-refractivity contribution in [2.24, 2.45) is 0 Å². The number of nitrogens with one attached hydrogen (secondary N) is 2. The van der Waals surface area contributed by atoms with Gasteiger partial charge in [0.2, 0.25) is 5.91 Å². The number of fused-ring (bicyclic) bond motifs is 1. The molecule has 0 radical (unpaired) electrons. The molecule has 9 heteroatoms. The molecular formula is C24H25F2N3O4. The van der Waals surface area contributed by atoms with Crippen molar-refractivity contribution in [3.8, 4) is 0 Å². The Morgan fingerprint density at radius 3 is 2.70 bits per heavy atom. The van der Waals surface area contributed by atoms with E-state index in [9.17, 15) is 23.5 Å². The van der Waals surface area contributed by atoms with E-state index in [-0.39, 0.29) is 18.0 Å². The van der Waals surface area contributed by atoms with Gasteiger partial charge >= 0.3 is 6.03 Å². The van der Waals surface area contributed by atoms with Crippen LogP contribution in [0.25, 0.3) is 0 Å². The average molecular weight is 457 g/mol. The lowest BCUT2D eigenvalue weighted by molar-refractivity contribution is -0.136. The Hall–Kier alpha value is -3.30. The van der Waals surface area contributed by atoms with Crippen molar-refractivity contribution in [3.63, 3.8) is 0 Å². The molecule has 2 aromatic rings. The molecule has 0 aliphatic carbocycles. The van der Waals surface area contributed by atoms with E-state index < -0.39 is 42.5 Å². The number of carbonyl (C=O) groups excluding carboxylic acids is 2. The molecule has 3 atom stereocenters. The van der Waals surface area contributed by atoms with Gasteiger partial charge in [0.15, 0.2) is 0 Å². The zero-order valence-electron chi connectivity index (χ0n) is 17.8. The van der Waals surface area contributed by atoms with Crippen molar-refractivity contribution in [2.75, 3.05) is 18.5 Å². The summed E-state index contributed by atoms with van der Waals surface area (Å²) in [6.45, 7) is 0.790. The standard InChI is InChI=1S/C24H25F2N3O4/c25-17-5-7-19(26)21(11-17)28-24(32)27-20-8-6-18(33-22(20)14-30)12-23(31)29-10-9-15-3-1-2-4-16(15)13-29/h1-8,11,18,20,22,30H,9-10,12-14H2,(H2,27,28,32)/t18-,20+,22-/m0/s1. The molecule has 3 N–H and O–H groups in total. The first-order chi connectivity index (χ1) is 15.9. The summed E-state index contributed by atoms with van der Waals surface area (Å²) in [6.07, 6.45) is 2.87. The van der Waals surface area contributed by atoms with Crippen molar-refractivity contribution in [1.82, 2.24) is 10.2 Å². The number of nitrogens with zero attached hydrogens (tertiary/aromatic N) is 1. The van der Waals surface area contributed by atoms with Gasteiger partial charge in [0.1, 0.15) is 17.7 Å². The minimum absolute atomic E-state index is 0.0541. The molecule has 7 nitrogen and oxygen atoms in total. The van der Waals surface area contributed by atoms with Crippen LogP contribution in [0, 0.1) is 11.6 Å². The van der Waals surface area contributed by atoms with E-state index in [4.69, 9.17) is 4.74 Å². The minimum atomic E-state index is -0.794. The summed E-state index contributed by atoms with van der Waals surface area (Å²) in [4.78, 5) is 26.8. The van der Waals surface area contributed by atoms with Crippen molar-refractivity contribution >= 4 is 17.6 Å². The smallest absolute Gasteiger partial charge is 0.319 e. The Morgan fingerprint density at radius 2 is 1.91 bits per heavy atom. The highest BCUT2D eigenvalue weighted by atomic mass is 19.1. The lowest BCUT2D eigenvalue weighted by Crippen LogP contribution is -2.50. The second-order valence-electron chi connectivity index (χ2n) is 8.07. The quantitative estimate of drug-likeness (QED) is 0.603. The van der Waals surface area contributed by atoms with E-state index >= 15 is 0 Å². The third-order valence-corrected chi connectivity index (χ3v) is 5.80. The van der Waals surface area contributed by atoms with E-state index in [0.29, 0.717) is 13.1 Å². The molecule has 2 heterocycles. The molecule has 0 saturated carbocycles. The average Bonchev–Trinajstić information content (AvgIpc) is 2.82. The summed E-state index contributed by atoms with van der Waals surface area (Å²) < 4.78 is 32.8. The van der Waals surface area contributed by atoms with Crippen molar-refractivity contribution < 1.29 is 28.2 Å². The van der Waals surface area contributed by atoms with Crippen molar-refractivity contribution in [3.05, 3.63) is 77.4 Å². The van der Waals surface area contributed by atoms with E-state index in [0.717, 1.165) is 30.2 Å². The van der Waals surface area contributed by atoms with Crippen molar-refractivity contribution in [2.45, 2.75) is 37.6 Å². The van der Waals surface area contributed by atoms with Crippen LogP contribution in [-0.4, -0.2) is 53.3 Å². The van der Waals surface area contributed by atoms with Gasteiger partial charge in [0.05, 0.1) is 30.9 Å². The molecular weight excluding hydrogens is 432 g/mol. The maximum absolute atomic E-state index is 13.7. The summed E-state index contributed by atoms with van der Waals surface area (Å²) in [6, 6.07) is 9.27. The predicted octanol–water partition coefficient (Wildman–Crippen LogP) is 2.75. The third-order valence-electron chi connectivity index (χ3n) is 5.80. The Balaban J connectivity index is 1.33. The largest absolute Gasteiger partial charge is 0.394 e. The number of halogens is 2. The Bertz CT molecular complexity index is 1060. The Kier molecular flexibility index (Phi) is 7.00. The number of amides is 3. The number of aliphatic hydroxyl groups is 1. The van der Waals surface area contributed by atoms with Crippen LogP contribution in [0.3, 0.4) is 0 Å². The molecule has 2 aliphatic heterocycles. The van der Waals surface area contributed by atoms with Gasteiger partial charge < -0.3 is 25.4 Å². The van der Waals surface area contributed by atoms with Gasteiger partial charge in [-0.15, -0.1) is 0 Å². The Labute approximate surface area is 190 Å². The van der Waals surface area contributed by atoms with Gasteiger partial charge in [0, 0.05) is 19.2 Å². The van der Waals surface area contributed by atoms with Gasteiger partial charge in [-0.1, -0.05) is 36.4 Å². The van der Waals surface area contributed by atoms with Gasteiger partial charge in [-0.3, -0.25) is 4.79 Å². The number of carbonyl (C=O) groups is 2. The van der Waals surface area contributed by atoms with Crippen LogP contribution < -0.4 is 10.6 Å². The fourth-order valence-electron chi connectivity index (χ4n) is 4.05. The van der Waals surface area contributed by atoms with Crippen LogP contribution in [0.1, 0.15) is 17.5 Å².